The molecule has 1 aliphatic carbocycles. The van der Waals surface area contributed by atoms with Crippen LogP contribution in [0.2, 0.25) is 0 Å². The van der Waals surface area contributed by atoms with E-state index in [0.29, 0.717) is 17.5 Å². The molecule has 0 aliphatic heterocycles. The van der Waals surface area contributed by atoms with Crippen molar-refractivity contribution in [3.8, 4) is 17.1 Å². The number of ether oxygens (including phenoxy) is 1. The van der Waals surface area contributed by atoms with Crippen LogP contribution in [-0.2, 0) is 4.79 Å². The van der Waals surface area contributed by atoms with Crippen LogP contribution in [0.25, 0.3) is 11.4 Å². The molecule has 1 aliphatic rings. The van der Waals surface area contributed by atoms with Crippen LogP contribution in [-0.4, -0.2) is 28.7 Å². The van der Waals surface area contributed by atoms with E-state index < -0.39 is 11.6 Å². The first kappa shape index (κ1) is 21.2. The van der Waals surface area contributed by atoms with Crippen LogP contribution in [0.5, 0.6) is 5.75 Å². The molecule has 1 heterocycles. The summed E-state index contributed by atoms with van der Waals surface area (Å²) in [5, 5.41) is 6.99. The molecule has 3 rings (SSSR count). The fourth-order valence-corrected chi connectivity index (χ4v) is 3.51. The van der Waals surface area contributed by atoms with Gasteiger partial charge in [-0.1, -0.05) is 30.1 Å². The first-order valence-corrected chi connectivity index (χ1v) is 8.98. The lowest BCUT2D eigenvalue weighted by Gasteiger charge is -2.37. The number of nitrogens with two attached hydrogens (primary N) is 1. The van der Waals surface area contributed by atoms with Gasteiger partial charge in [-0.05, 0) is 38.8 Å². The number of hydrogen-bond acceptors (Lipinski definition) is 6. The van der Waals surface area contributed by atoms with Crippen LogP contribution in [0.3, 0.4) is 0 Å². The lowest BCUT2D eigenvalue weighted by molar-refractivity contribution is -0.129. The summed E-state index contributed by atoms with van der Waals surface area (Å²) in [7, 11) is 1.59. The van der Waals surface area contributed by atoms with Gasteiger partial charge in [0.2, 0.25) is 17.6 Å². The standard InChI is InChI=1S/C19H26N4O3.ClH/c1-12(21-17(24)14-9-6-7-11-19(14,2)20)18-22-16(23-26-18)13-8-4-5-10-15(13)25-3;/h4-5,8,10,12,14H,6-7,9,11,20H2,1-3H3,(H,21,24);1H. The highest BCUT2D eigenvalue weighted by molar-refractivity contribution is 5.85. The van der Waals surface area contributed by atoms with E-state index in [1.807, 2.05) is 38.1 Å². The van der Waals surface area contributed by atoms with Crippen molar-refractivity contribution >= 4 is 18.3 Å². The Morgan fingerprint density at radius 3 is 2.85 bits per heavy atom. The van der Waals surface area contributed by atoms with Gasteiger partial charge in [-0.25, -0.2) is 0 Å². The third kappa shape index (κ3) is 4.59. The van der Waals surface area contributed by atoms with Gasteiger partial charge in [-0.15, -0.1) is 12.4 Å². The Kier molecular flexibility index (Phi) is 6.84. The molecule has 8 heteroatoms. The van der Waals surface area contributed by atoms with Crippen molar-refractivity contribution in [3.05, 3.63) is 30.2 Å². The number of hydrogen-bond donors (Lipinski definition) is 2. The molecule has 2 aromatic rings. The Labute approximate surface area is 165 Å². The quantitative estimate of drug-likeness (QED) is 0.806. The maximum atomic E-state index is 12.7. The predicted octanol–water partition coefficient (Wildman–Crippen LogP) is 3.25. The number of carbonyl (C=O) groups excluding carboxylic acids is 1. The van der Waals surface area contributed by atoms with Crippen molar-refractivity contribution in [3.63, 3.8) is 0 Å². The molecule has 0 spiro atoms. The Balaban J connectivity index is 0.00000261. The molecule has 1 aromatic heterocycles. The minimum atomic E-state index is -0.473. The Bertz CT molecular complexity index is 778. The van der Waals surface area contributed by atoms with Crippen LogP contribution >= 0.6 is 12.4 Å². The van der Waals surface area contributed by atoms with E-state index in [2.05, 4.69) is 15.5 Å². The maximum absolute atomic E-state index is 12.7. The highest BCUT2D eigenvalue weighted by Gasteiger charge is 2.38. The number of carbonyl (C=O) groups is 1. The second-order valence-corrected chi connectivity index (χ2v) is 7.19. The summed E-state index contributed by atoms with van der Waals surface area (Å²) in [5.74, 6) is 1.20. The minimum absolute atomic E-state index is 0. The number of aromatic nitrogens is 2. The summed E-state index contributed by atoms with van der Waals surface area (Å²) in [5.41, 5.74) is 6.59. The van der Waals surface area contributed by atoms with Gasteiger partial charge < -0.3 is 20.3 Å². The SMILES string of the molecule is COc1ccccc1-c1noc(C(C)NC(=O)C2CCCCC2(C)N)n1.Cl. The van der Waals surface area contributed by atoms with Gasteiger partial charge in [0.1, 0.15) is 11.8 Å². The van der Waals surface area contributed by atoms with Gasteiger partial charge in [0, 0.05) is 5.54 Å². The Morgan fingerprint density at radius 2 is 2.15 bits per heavy atom. The highest BCUT2D eigenvalue weighted by Crippen LogP contribution is 2.32. The number of amides is 1. The molecule has 3 atom stereocenters. The molecule has 0 saturated heterocycles. The van der Waals surface area contributed by atoms with E-state index in [1.165, 1.54) is 0 Å². The first-order valence-electron chi connectivity index (χ1n) is 8.98. The van der Waals surface area contributed by atoms with Crippen LogP contribution in [0.15, 0.2) is 28.8 Å². The van der Waals surface area contributed by atoms with Crippen molar-refractivity contribution in [1.82, 2.24) is 15.5 Å². The molecule has 1 fully saturated rings. The lowest BCUT2D eigenvalue weighted by atomic mass is 9.74. The molecule has 3 unspecified atom stereocenters. The number of benzene rings is 1. The van der Waals surface area contributed by atoms with Crippen molar-refractivity contribution in [2.75, 3.05) is 7.11 Å². The molecule has 148 valence electrons. The van der Waals surface area contributed by atoms with E-state index in [9.17, 15) is 4.79 Å². The molecular weight excluding hydrogens is 368 g/mol. The van der Waals surface area contributed by atoms with E-state index in [1.54, 1.807) is 7.11 Å². The van der Waals surface area contributed by atoms with Gasteiger partial charge in [-0.3, -0.25) is 4.79 Å². The Morgan fingerprint density at radius 1 is 1.41 bits per heavy atom. The number of halogens is 1. The molecule has 1 saturated carbocycles. The van der Waals surface area contributed by atoms with E-state index in [0.717, 1.165) is 31.2 Å². The number of methoxy groups -OCH3 is 1. The third-order valence-corrected chi connectivity index (χ3v) is 5.09. The molecule has 27 heavy (non-hydrogen) atoms. The number of rotatable bonds is 5. The number of nitrogens with zero attached hydrogens (tertiary/aromatic N) is 2. The summed E-state index contributed by atoms with van der Waals surface area (Å²) in [6.45, 7) is 3.78. The van der Waals surface area contributed by atoms with Gasteiger partial charge in [0.05, 0.1) is 18.6 Å². The fraction of sp³-hybridized carbons (Fsp3) is 0.526. The number of nitrogens with one attached hydrogen (secondary N) is 1. The van der Waals surface area contributed by atoms with Crippen LogP contribution < -0.4 is 15.8 Å². The first-order chi connectivity index (χ1) is 12.4. The van der Waals surface area contributed by atoms with Gasteiger partial charge in [0.25, 0.3) is 0 Å². The monoisotopic (exact) mass is 394 g/mol. The van der Waals surface area contributed by atoms with Gasteiger partial charge in [0.15, 0.2) is 0 Å². The lowest BCUT2D eigenvalue weighted by Crippen LogP contribution is -2.53. The third-order valence-electron chi connectivity index (χ3n) is 5.09. The number of para-hydroxylation sites is 1. The van der Waals surface area contributed by atoms with E-state index >= 15 is 0 Å². The molecule has 0 radical (unpaired) electrons. The molecule has 0 bridgehead atoms. The van der Waals surface area contributed by atoms with Gasteiger partial charge >= 0.3 is 0 Å². The Hall–Kier alpha value is -2.12. The van der Waals surface area contributed by atoms with Crippen LogP contribution in [0.4, 0.5) is 0 Å². The average Bonchev–Trinajstić information content (AvgIpc) is 3.11. The van der Waals surface area contributed by atoms with Crippen molar-refractivity contribution in [2.24, 2.45) is 11.7 Å². The summed E-state index contributed by atoms with van der Waals surface area (Å²) >= 11 is 0. The smallest absolute Gasteiger partial charge is 0.249 e. The summed E-state index contributed by atoms with van der Waals surface area (Å²) in [4.78, 5) is 17.1. The normalized spacial score (nSPS) is 23.2. The van der Waals surface area contributed by atoms with Crippen LogP contribution in [0, 0.1) is 5.92 Å². The molecular formula is C19H27ClN4O3. The molecule has 3 N–H and O–H groups in total. The molecule has 7 nitrogen and oxygen atoms in total. The minimum Gasteiger partial charge on any atom is -0.496 e. The largest absolute Gasteiger partial charge is 0.496 e. The van der Waals surface area contributed by atoms with Crippen molar-refractivity contribution < 1.29 is 14.1 Å². The molecule has 1 amide bonds. The summed E-state index contributed by atoms with van der Waals surface area (Å²) in [6, 6.07) is 7.06. The maximum Gasteiger partial charge on any atom is 0.249 e. The van der Waals surface area contributed by atoms with E-state index in [-0.39, 0.29) is 24.2 Å². The molecule has 1 aromatic carbocycles. The topological polar surface area (TPSA) is 103 Å². The second kappa shape index (κ2) is 8.71. The second-order valence-electron chi connectivity index (χ2n) is 7.19. The zero-order chi connectivity index (χ0) is 18.7. The summed E-state index contributed by atoms with van der Waals surface area (Å²) in [6.07, 6.45) is 3.76. The van der Waals surface area contributed by atoms with Crippen LogP contribution in [0.1, 0.15) is 51.5 Å². The van der Waals surface area contributed by atoms with Crippen molar-refractivity contribution in [1.29, 1.82) is 0 Å². The zero-order valence-corrected chi connectivity index (χ0v) is 16.7. The zero-order valence-electron chi connectivity index (χ0n) is 15.9. The fourth-order valence-electron chi connectivity index (χ4n) is 3.51. The highest BCUT2D eigenvalue weighted by atomic mass is 35.5. The van der Waals surface area contributed by atoms with Gasteiger partial charge in [-0.2, -0.15) is 4.98 Å². The summed E-state index contributed by atoms with van der Waals surface area (Å²) < 4.78 is 10.7. The van der Waals surface area contributed by atoms with E-state index in [4.69, 9.17) is 15.0 Å². The average molecular weight is 395 g/mol. The predicted molar refractivity (Wildman–Crippen MR) is 105 cm³/mol. The van der Waals surface area contributed by atoms with Crippen molar-refractivity contribution in [2.45, 2.75) is 51.1 Å².